The van der Waals surface area contributed by atoms with E-state index in [4.69, 9.17) is 11.6 Å². The summed E-state index contributed by atoms with van der Waals surface area (Å²) >= 11 is 5.89. The number of rotatable bonds is 6. The van der Waals surface area contributed by atoms with Crippen LogP contribution in [0, 0.1) is 17.8 Å². The van der Waals surface area contributed by atoms with E-state index in [1.165, 1.54) is 31.4 Å². The van der Waals surface area contributed by atoms with Crippen LogP contribution in [0.5, 0.6) is 0 Å². The Labute approximate surface area is 169 Å². The van der Waals surface area contributed by atoms with Gasteiger partial charge in [-0.25, -0.2) is 9.97 Å². The van der Waals surface area contributed by atoms with Crippen LogP contribution >= 0.6 is 11.6 Å². The predicted octanol–water partition coefficient (Wildman–Crippen LogP) is 4.36. The van der Waals surface area contributed by atoms with Gasteiger partial charge < -0.3 is 10.2 Å². The number of aromatic nitrogens is 4. The van der Waals surface area contributed by atoms with Crippen molar-refractivity contribution in [2.75, 3.05) is 29.9 Å². The lowest BCUT2D eigenvalue weighted by molar-refractivity contribution is 0.343. The van der Waals surface area contributed by atoms with Crippen LogP contribution in [0.4, 0.5) is 11.6 Å². The molecule has 1 aliphatic heterocycles. The van der Waals surface area contributed by atoms with E-state index in [1.807, 2.05) is 6.20 Å². The molecular formula is C21H25ClN6. The standard InChI is InChI=1S/C21H25ClN6/c22-17-12-24-21(25-13-17)28-7-4-14(5-8-28)19-9-15(19)3-6-23-18-2-1-16-11-26-27-20(16)10-18/h1-2,10-15,19,23H,3-9H2,(H,26,27)/t15-,19-/m1/s1. The van der Waals surface area contributed by atoms with Crippen molar-refractivity contribution in [2.24, 2.45) is 17.8 Å². The quantitative estimate of drug-likeness (QED) is 0.647. The average molecular weight is 397 g/mol. The number of piperidine rings is 1. The largest absolute Gasteiger partial charge is 0.385 e. The molecule has 2 N–H and O–H groups in total. The van der Waals surface area contributed by atoms with E-state index < -0.39 is 0 Å². The van der Waals surface area contributed by atoms with Crippen molar-refractivity contribution in [3.05, 3.63) is 41.8 Å². The van der Waals surface area contributed by atoms with Crippen LogP contribution in [-0.4, -0.2) is 39.8 Å². The van der Waals surface area contributed by atoms with Crippen molar-refractivity contribution >= 4 is 34.1 Å². The van der Waals surface area contributed by atoms with E-state index in [0.29, 0.717) is 5.02 Å². The van der Waals surface area contributed by atoms with Crippen LogP contribution in [0.2, 0.25) is 5.02 Å². The maximum atomic E-state index is 5.89. The fourth-order valence-corrected chi connectivity index (χ4v) is 4.72. The molecule has 7 heteroatoms. The first-order valence-electron chi connectivity index (χ1n) is 10.2. The van der Waals surface area contributed by atoms with Crippen molar-refractivity contribution in [2.45, 2.75) is 25.7 Å². The van der Waals surface area contributed by atoms with Gasteiger partial charge in [-0.15, -0.1) is 0 Å². The fourth-order valence-electron chi connectivity index (χ4n) is 4.63. The highest BCUT2D eigenvalue weighted by molar-refractivity contribution is 6.30. The predicted molar refractivity (Wildman–Crippen MR) is 113 cm³/mol. The molecule has 0 bridgehead atoms. The first kappa shape index (κ1) is 17.7. The van der Waals surface area contributed by atoms with E-state index >= 15 is 0 Å². The van der Waals surface area contributed by atoms with Gasteiger partial charge in [0.2, 0.25) is 5.95 Å². The molecule has 5 rings (SSSR count). The number of H-pyrrole nitrogens is 1. The Hall–Kier alpha value is -2.34. The maximum Gasteiger partial charge on any atom is 0.225 e. The minimum atomic E-state index is 0.595. The normalized spacial score (nSPS) is 22.5. The SMILES string of the molecule is Clc1cnc(N2CCC([C@H]3C[C@H]3CCNc3ccc4cn[nH]c4c3)CC2)nc1. The summed E-state index contributed by atoms with van der Waals surface area (Å²) < 4.78 is 0. The van der Waals surface area contributed by atoms with Crippen LogP contribution in [0.3, 0.4) is 0 Å². The third-order valence-corrected chi connectivity index (χ3v) is 6.49. The second-order valence-corrected chi connectivity index (χ2v) is 8.51. The summed E-state index contributed by atoms with van der Waals surface area (Å²) in [7, 11) is 0. The lowest BCUT2D eigenvalue weighted by Gasteiger charge is -2.32. The number of aromatic amines is 1. The minimum absolute atomic E-state index is 0.595. The summed E-state index contributed by atoms with van der Waals surface area (Å²) in [6.45, 7) is 3.15. The van der Waals surface area contributed by atoms with Gasteiger partial charge in [0.15, 0.2) is 0 Å². The van der Waals surface area contributed by atoms with Crippen molar-refractivity contribution < 1.29 is 0 Å². The van der Waals surface area contributed by atoms with E-state index in [9.17, 15) is 0 Å². The number of fused-ring (bicyclic) bond motifs is 1. The van der Waals surface area contributed by atoms with Crippen molar-refractivity contribution in [3.63, 3.8) is 0 Å². The van der Waals surface area contributed by atoms with Crippen LogP contribution in [0.15, 0.2) is 36.8 Å². The van der Waals surface area contributed by atoms with Crippen LogP contribution < -0.4 is 10.2 Å². The third-order valence-electron chi connectivity index (χ3n) is 6.30. The van der Waals surface area contributed by atoms with E-state index in [1.54, 1.807) is 12.4 Å². The smallest absolute Gasteiger partial charge is 0.225 e. The van der Waals surface area contributed by atoms with Crippen LogP contribution in [-0.2, 0) is 0 Å². The van der Waals surface area contributed by atoms with Gasteiger partial charge in [-0.05, 0) is 61.6 Å². The molecule has 6 nitrogen and oxygen atoms in total. The Morgan fingerprint density at radius 1 is 1.14 bits per heavy atom. The fraction of sp³-hybridized carbons (Fsp3) is 0.476. The zero-order chi connectivity index (χ0) is 18.9. The molecule has 1 aromatic carbocycles. The molecule has 146 valence electrons. The molecule has 2 atom stereocenters. The van der Waals surface area contributed by atoms with Crippen LogP contribution in [0.1, 0.15) is 25.7 Å². The zero-order valence-corrected chi connectivity index (χ0v) is 16.6. The van der Waals surface area contributed by atoms with Gasteiger partial charge in [0.1, 0.15) is 0 Å². The monoisotopic (exact) mass is 396 g/mol. The molecule has 0 amide bonds. The number of halogens is 1. The second kappa shape index (κ2) is 7.59. The number of hydrogen-bond acceptors (Lipinski definition) is 5. The molecule has 1 saturated heterocycles. The summed E-state index contributed by atoms with van der Waals surface area (Å²) in [5.41, 5.74) is 2.26. The topological polar surface area (TPSA) is 69.7 Å². The molecule has 0 spiro atoms. The molecule has 2 aromatic heterocycles. The maximum absolute atomic E-state index is 5.89. The Morgan fingerprint density at radius 2 is 1.96 bits per heavy atom. The second-order valence-electron chi connectivity index (χ2n) is 8.07. The van der Waals surface area contributed by atoms with Gasteiger partial charge >= 0.3 is 0 Å². The number of hydrogen-bond donors (Lipinski definition) is 2. The summed E-state index contributed by atoms with van der Waals surface area (Å²) in [5.74, 6) is 3.46. The Morgan fingerprint density at radius 3 is 2.79 bits per heavy atom. The minimum Gasteiger partial charge on any atom is -0.385 e. The molecule has 0 unspecified atom stereocenters. The van der Waals surface area contributed by atoms with Gasteiger partial charge in [-0.1, -0.05) is 11.6 Å². The molecular weight excluding hydrogens is 372 g/mol. The molecule has 0 radical (unpaired) electrons. The number of benzene rings is 1. The molecule has 3 aromatic rings. The Balaban J connectivity index is 1.06. The lowest BCUT2D eigenvalue weighted by atomic mass is 9.90. The highest BCUT2D eigenvalue weighted by atomic mass is 35.5. The third kappa shape index (κ3) is 3.78. The van der Waals surface area contributed by atoms with Gasteiger partial charge in [0, 0.05) is 30.7 Å². The average Bonchev–Trinajstić information content (AvgIpc) is 3.34. The van der Waals surface area contributed by atoms with Gasteiger partial charge in [0.05, 0.1) is 29.1 Å². The molecule has 2 aliphatic rings. The molecule has 28 heavy (non-hydrogen) atoms. The highest BCUT2D eigenvalue weighted by Gasteiger charge is 2.43. The summed E-state index contributed by atoms with van der Waals surface area (Å²) in [4.78, 5) is 11.0. The Kier molecular flexibility index (Phi) is 4.81. The summed E-state index contributed by atoms with van der Waals surface area (Å²) in [5, 5.41) is 12.4. The first-order chi connectivity index (χ1) is 13.8. The van der Waals surface area contributed by atoms with Gasteiger partial charge in [0.25, 0.3) is 0 Å². The first-order valence-corrected chi connectivity index (χ1v) is 10.5. The zero-order valence-electron chi connectivity index (χ0n) is 15.8. The number of nitrogens with one attached hydrogen (secondary N) is 2. The van der Waals surface area contributed by atoms with Crippen molar-refractivity contribution in [3.8, 4) is 0 Å². The molecule has 1 saturated carbocycles. The molecule has 3 heterocycles. The van der Waals surface area contributed by atoms with Gasteiger partial charge in [-0.2, -0.15) is 5.10 Å². The number of anilines is 2. The van der Waals surface area contributed by atoms with E-state index in [-0.39, 0.29) is 0 Å². The van der Waals surface area contributed by atoms with Crippen molar-refractivity contribution in [1.29, 1.82) is 0 Å². The molecule has 1 aliphatic carbocycles. The number of nitrogens with zero attached hydrogens (tertiary/aromatic N) is 4. The summed E-state index contributed by atoms with van der Waals surface area (Å²) in [6, 6.07) is 6.39. The Bertz CT molecular complexity index is 931. The van der Waals surface area contributed by atoms with E-state index in [2.05, 4.69) is 48.6 Å². The van der Waals surface area contributed by atoms with Crippen molar-refractivity contribution in [1.82, 2.24) is 20.2 Å². The lowest BCUT2D eigenvalue weighted by Crippen LogP contribution is -2.35. The summed E-state index contributed by atoms with van der Waals surface area (Å²) in [6.07, 6.45) is 10.4. The van der Waals surface area contributed by atoms with Crippen LogP contribution in [0.25, 0.3) is 10.9 Å². The van der Waals surface area contributed by atoms with E-state index in [0.717, 1.165) is 54.2 Å². The van der Waals surface area contributed by atoms with Gasteiger partial charge in [-0.3, -0.25) is 5.10 Å². The highest BCUT2D eigenvalue weighted by Crippen LogP contribution is 2.49. The molecule has 2 fully saturated rings.